The van der Waals surface area contributed by atoms with Gasteiger partial charge in [0.25, 0.3) is 0 Å². The Bertz CT molecular complexity index is 638. The Balaban J connectivity index is 2.03. The third-order valence-corrected chi connectivity index (χ3v) is 4.60. The number of esters is 1. The van der Waals surface area contributed by atoms with Gasteiger partial charge < -0.3 is 14.4 Å². The van der Waals surface area contributed by atoms with E-state index in [0.717, 1.165) is 41.6 Å². The zero-order valence-electron chi connectivity index (χ0n) is 13.5. The van der Waals surface area contributed by atoms with Gasteiger partial charge in [-0.15, -0.1) is 0 Å². The van der Waals surface area contributed by atoms with Crippen molar-refractivity contribution in [1.82, 2.24) is 9.55 Å². The number of hydrogen-bond acceptors (Lipinski definition) is 5. The van der Waals surface area contributed by atoms with E-state index >= 15 is 0 Å². The molecule has 0 atom stereocenters. The van der Waals surface area contributed by atoms with E-state index in [9.17, 15) is 9.90 Å². The van der Waals surface area contributed by atoms with Crippen LogP contribution in [0.3, 0.4) is 0 Å². The summed E-state index contributed by atoms with van der Waals surface area (Å²) in [5.74, 6) is 0.432. The Kier molecular flexibility index (Phi) is 6.67. The molecular formula is C17H22N2O3S. The van der Waals surface area contributed by atoms with Crippen LogP contribution >= 0.6 is 11.8 Å². The fourth-order valence-corrected chi connectivity index (χ4v) is 3.17. The lowest BCUT2D eigenvalue weighted by Gasteiger charge is -2.10. The second-order valence-electron chi connectivity index (χ2n) is 5.17. The van der Waals surface area contributed by atoms with E-state index in [2.05, 4.69) is 16.5 Å². The first-order chi connectivity index (χ1) is 11.2. The van der Waals surface area contributed by atoms with Gasteiger partial charge in [-0.3, -0.25) is 0 Å². The molecule has 1 aromatic carbocycles. The molecule has 1 aromatic heterocycles. The summed E-state index contributed by atoms with van der Waals surface area (Å²) >= 11 is 1.63. The zero-order chi connectivity index (χ0) is 16.7. The van der Waals surface area contributed by atoms with E-state index in [1.165, 1.54) is 7.11 Å². The number of hydrogen-bond donors (Lipinski definition) is 1. The number of aliphatic hydroxyl groups is 1. The minimum atomic E-state index is -0.327. The Morgan fingerprint density at radius 1 is 1.35 bits per heavy atom. The number of aliphatic hydroxyl groups excluding tert-OH is 1. The molecule has 0 saturated heterocycles. The second-order valence-corrected chi connectivity index (χ2v) is 6.12. The molecule has 5 nitrogen and oxygen atoms in total. The first-order valence-corrected chi connectivity index (χ1v) is 8.63. The van der Waals surface area contributed by atoms with Crippen molar-refractivity contribution in [3.63, 3.8) is 0 Å². The number of imidazole rings is 1. The van der Waals surface area contributed by atoms with E-state index in [0.29, 0.717) is 5.56 Å². The molecule has 0 aliphatic rings. The van der Waals surface area contributed by atoms with Gasteiger partial charge in [-0.05, 0) is 24.1 Å². The highest BCUT2D eigenvalue weighted by Gasteiger charge is 2.10. The molecule has 0 unspecified atom stereocenters. The number of carbonyl (C=O) groups excluding carboxylic acids is 1. The standard InChI is InChI=1S/C17H22N2O3S/c1-3-4-9-19-15(11-20)10-18-17(19)23-12-13-5-7-14(8-6-13)16(21)22-2/h5-8,10,20H,3-4,9,11-12H2,1-2H3. The Morgan fingerprint density at radius 3 is 2.70 bits per heavy atom. The average molecular weight is 334 g/mol. The highest BCUT2D eigenvalue weighted by molar-refractivity contribution is 7.98. The van der Waals surface area contributed by atoms with Crippen molar-refractivity contribution >= 4 is 17.7 Å². The van der Waals surface area contributed by atoms with Crippen molar-refractivity contribution < 1.29 is 14.6 Å². The number of thioether (sulfide) groups is 1. The van der Waals surface area contributed by atoms with Crippen LogP contribution in [-0.2, 0) is 23.6 Å². The number of carbonyl (C=O) groups is 1. The summed E-state index contributed by atoms with van der Waals surface area (Å²) in [5, 5.41) is 10.3. The van der Waals surface area contributed by atoms with Gasteiger partial charge >= 0.3 is 5.97 Å². The molecule has 0 fully saturated rings. The van der Waals surface area contributed by atoms with Crippen LogP contribution in [0.1, 0.15) is 41.4 Å². The molecule has 1 heterocycles. The molecule has 0 amide bonds. The van der Waals surface area contributed by atoms with Gasteiger partial charge in [0, 0.05) is 12.3 Å². The number of rotatable bonds is 8. The number of unbranched alkanes of at least 4 members (excludes halogenated alkanes) is 1. The number of benzene rings is 1. The topological polar surface area (TPSA) is 64.3 Å². The van der Waals surface area contributed by atoms with Gasteiger partial charge in [-0.2, -0.15) is 0 Å². The maximum atomic E-state index is 11.4. The fourth-order valence-electron chi connectivity index (χ4n) is 2.19. The number of nitrogens with zero attached hydrogens (tertiary/aromatic N) is 2. The SMILES string of the molecule is CCCCn1c(CO)cnc1SCc1ccc(C(=O)OC)cc1. The number of methoxy groups -OCH3 is 1. The molecule has 0 aliphatic heterocycles. The van der Waals surface area contributed by atoms with Crippen LogP contribution in [0.5, 0.6) is 0 Å². The highest BCUT2D eigenvalue weighted by Crippen LogP contribution is 2.24. The lowest BCUT2D eigenvalue weighted by Crippen LogP contribution is -2.04. The number of aromatic nitrogens is 2. The monoisotopic (exact) mass is 334 g/mol. The van der Waals surface area contributed by atoms with E-state index in [1.54, 1.807) is 30.1 Å². The van der Waals surface area contributed by atoms with Gasteiger partial charge in [0.15, 0.2) is 5.16 Å². The summed E-state index contributed by atoms with van der Waals surface area (Å²) in [5.41, 5.74) is 2.51. The third-order valence-electron chi connectivity index (χ3n) is 3.54. The van der Waals surface area contributed by atoms with Crippen LogP contribution < -0.4 is 0 Å². The summed E-state index contributed by atoms with van der Waals surface area (Å²) in [6.45, 7) is 3.02. The van der Waals surface area contributed by atoms with Crippen LogP contribution in [0.4, 0.5) is 0 Å². The van der Waals surface area contributed by atoms with Crippen molar-refractivity contribution in [2.75, 3.05) is 7.11 Å². The van der Waals surface area contributed by atoms with Crippen LogP contribution in [0.2, 0.25) is 0 Å². The van der Waals surface area contributed by atoms with Gasteiger partial charge in [-0.25, -0.2) is 9.78 Å². The smallest absolute Gasteiger partial charge is 0.337 e. The van der Waals surface area contributed by atoms with E-state index in [4.69, 9.17) is 4.74 Å². The Labute approximate surface area is 140 Å². The third kappa shape index (κ3) is 4.59. The molecule has 2 rings (SSSR count). The molecule has 0 bridgehead atoms. The normalized spacial score (nSPS) is 10.7. The molecule has 0 saturated carbocycles. The van der Waals surface area contributed by atoms with Gasteiger partial charge in [0.05, 0.1) is 31.2 Å². The van der Waals surface area contributed by atoms with Crippen molar-refractivity contribution in [3.8, 4) is 0 Å². The molecule has 0 spiro atoms. The summed E-state index contributed by atoms with van der Waals surface area (Å²) in [6.07, 6.45) is 3.89. The molecule has 0 aliphatic carbocycles. The first kappa shape index (κ1) is 17.6. The largest absolute Gasteiger partial charge is 0.465 e. The summed E-state index contributed by atoms with van der Waals surface area (Å²) < 4.78 is 6.77. The van der Waals surface area contributed by atoms with Crippen molar-refractivity contribution in [2.45, 2.75) is 43.8 Å². The fraction of sp³-hybridized carbons (Fsp3) is 0.412. The lowest BCUT2D eigenvalue weighted by molar-refractivity contribution is 0.0600. The molecule has 0 radical (unpaired) electrons. The molecule has 124 valence electrons. The van der Waals surface area contributed by atoms with Gasteiger partial charge in [0.1, 0.15) is 0 Å². The van der Waals surface area contributed by atoms with E-state index < -0.39 is 0 Å². The average Bonchev–Trinajstić information content (AvgIpc) is 2.99. The van der Waals surface area contributed by atoms with Crippen LogP contribution in [0, 0.1) is 0 Å². The minimum absolute atomic E-state index is 0.00506. The lowest BCUT2D eigenvalue weighted by atomic mass is 10.1. The quantitative estimate of drug-likeness (QED) is 0.593. The first-order valence-electron chi connectivity index (χ1n) is 7.65. The molecule has 2 aromatic rings. The predicted molar refractivity (Wildman–Crippen MR) is 90.4 cm³/mol. The summed E-state index contributed by atoms with van der Waals surface area (Å²) in [6, 6.07) is 7.38. The number of ether oxygens (including phenoxy) is 1. The highest BCUT2D eigenvalue weighted by atomic mass is 32.2. The van der Waals surface area contributed by atoms with Crippen LogP contribution in [0.25, 0.3) is 0 Å². The second kappa shape index (κ2) is 8.74. The van der Waals surface area contributed by atoms with Crippen LogP contribution in [0.15, 0.2) is 35.6 Å². The van der Waals surface area contributed by atoms with E-state index in [-0.39, 0.29) is 12.6 Å². The van der Waals surface area contributed by atoms with Gasteiger partial charge in [-0.1, -0.05) is 37.2 Å². The minimum Gasteiger partial charge on any atom is -0.465 e. The predicted octanol–water partition coefficient (Wildman–Crippen LogP) is 3.25. The van der Waals surface area contributed by atoms with Gasteiger partial charge in [0.2, 0.25) is 0 Å². The Morgan fingerprint density at radius 2 is 2.09 bits per heavy atom. The summed E-state index contributed by atoms with van der Waals surface area (Å²) in [4.78, 5) is 15.8. The Hall–Kier alpha value is -1.79. The molecule has 1 N–H and O–H groups in total. The molecule has 6 heteroatoms. The maximum absolute atomic E-state index is 11.4. The van der Waals surface area contributed by atoms with Crippen molar-refractivity contribution in [1.29, 1.82) is 0 Å². The van der Waals surface area contributed by atoms with Crippen molar-refractivity contribution in [2.24, 2.45) is 0 Å². The van der Waals surface area contributed by atoms with Crippen LogP contribution in [-0.4, -0.2) is 27.7 Å². The molecule has 23 heavy (non-hydrogen) atoms. The zero-order valence-corrected chi connectivity index (χ0v) is 14.3. The summed E-state index contributed by atoms with van der Waals surface area (Å²) in [7, 11) is 1.38. The molecular weight excluding hydrogens is 312 g/mol. The maximum Gasteiger partial charge on any atom is 0.337 e. The van der Waals surface area contributed by atoms with Crippen molar-refractivity contribution in [3.05, 3.63) is 47.3 Å². The van der Waals surface area contributed by atoms with E-state index in [1.807, 2.05) is 12.1 Å².